The molecule has 0 spiro atoms. The van der Waals surface area contributed by atoms with Gasteiger partial charge in [0.05, 0.1) is 12.6 Å². The van der Waals surface area contributed by atoms with E-state index in [1.165, 1.54) is 16.7 Å². The zero-order chi connectivity index (χ0) is 23.0. The van der Waals surface area contributed by atoms with Crippen molar-refractivity contribution in [2.24, 2.45) is 0 Å². The summed E-state index contributed by atoms with van der Waals surface area (Å²) in [5.41, 5.74) is 3.16. The average Bonchev–Trinajstić information content (AvgIpc) is 2.82. The highest BCUT2D eigenvalue weighted by molar-refractivity contribution is 7.62. The topological polar surface area (TPSA) is 17.1 Å². The second kappa shape index (κ2) is 14.8. The van der Waals surface area contributed by atoms with E-state index in [1.54, 1.807) is 0 Å². The van der Waals surface area contributed by atoms with Gasteiger partial charge in [0.25, 0.3) is 0 Å². The summed E-state index contributed by atoms with van der Waals surface area (Å²) >= 11 is 0. The zero-order valence-electron chi connectivity index (χ0n) is 20.2. The highest BCUT2D eigenvalue weighted by Crippen LogP contribution is 2.50. The molecule has 1 nitrogen and oxygen atoms in total. The molecule has 0 saturated heterocycles. The van der Waals surface area contributed by atoms with E-state index in [4.69, 9.17) is 0 Å². The Morgan fingerprint density at radius 3 is 0.967 bits per heavy atom. The van der Waals surface area contributed by atoms with Gasteiger partial charge in [0.1, 0.15) is 0 Å². The predicted molar refractivity (Wildman–Crippen MR) is 138 cm³/mol. The smallest absolute Gasteiger partial charge is 0.0834 e. The van der Waals surface area contributed by atoms with Crippen LogP contribution in [0.3, 0.4) is 0 Å². The summed E-state index contributed by atoms with van der Waals surface area (Å²) in [4.78, 5) is 0. The van der Waals surface area contributed by atoms with Crippen LogP contribution >= 0.6 is 7.14 Å². The first-order valence-electron chi connectivity index (χ1n) is 11.2. The molecule has 3 rings (SSSR count). The van der Waals surface area contributed by atoms with Crippen molar-refractivity contribution in [2.75, 3.05) is 19.5 Å². The summed E-state index contributed by atoms with van der Waals surface area (Å²) in [6, 6.07) is 31.3. The standard InChI is InChI=1S/C22H23OP.3C2H6/c1-24(2,23)18-22(19-12-6-3-7-13-19,20-14-8-4-9-15-20)21-16-10-5-11-17-21;3*1-2/h3-17H,18H2,1-2H3;3*1-2H3. The quantitative estimate of drug-likeness (QED) is 0.295. The van der Waals surface area contributed by atoms with Gasteiger partial charge in [-0.25, -0.2) is 0 Å². The van der Waals surface area contributed by atoms with E-state index in [-0.39, 0.29) is 0 Å². The maximum absolute atomic E-state index is 13.0. The van der Waals surface area contributed by atoms with Gasteiger partial charge in [-0.3, -0.25) is 0 Å². The largest absolute Gasteiger partial charge is 0.324 e. The van der Waals surface area contributed by atoms with E-state index >= 15 is 0 Å². The molecule has 0 heterocycles. The van der Waals surface area contributed by atoms with Crippen LogP contribution in [0.2, 0.25) is 0 Å². The Balaban J connectivity index is 0.00000129. The third-order valence-corrected chi connectivity index (χ3v) is 5.65. The first-order chi connectivity index (χ1) is 14.5. The summed E-state index contributed by atoms with van der Waals surface area (Å²) in [5, 5.41) is 0. The second-order valence-corrected chi connectivity index (χ2v) is 10.2. The van der Waals surface area contributed by atoms with Crippen LogP contribution in [0, 0.1) is 0 Å². The Morgan fingerprint density at radius 2 is 0.767 bits per heavy atom. The number of hydrogen-bond donors (Lipinski definition) is 0. The molecule has 0 aliphatic rings. The van der Waals surface area contributed by atoms with Crippen molar-refractivity contribution in [3.63, 3.8) is 0 Å². The van der Waals surface area contributed by atoms with Crippen LogP contribution in [-0.4, -0.2) is 19.5 Å². The molecule has 0 bridgehead atoms. The SMILES string of the molecule is CC.CC.CC.CP(C)(=O)CC(c1ccccc1)(c1ccccc1)c1ccccc1. The summed E-state index contributed by atoms with van der Waals surface area (Å²) < 4.78 is 13.0. The molecule has 0 amide bonds. The Bertz CT molecular complexity index is 724. The molecule has 3 aromatic carbocycles. The average molecular weight is 425 g/mol. The maximum Gasteiger partial charge on any atom is 0.0834 e. The Hall–Kier alpha value is -2.11. The van der Waals surface area contributed by atoms with Gasteiger partial charge in [-0.1, -0.05) is 133 Å². The monoisotopic (exact) mass is 424 g/mol. The minimum atomic E-state index is -2.28. The lowest BCUT2D eigenvalue weighted by Crippen LogP contribution is -2.33. The van der Waals surface area contributed by atoms with Crippen LogP contribution in [0.15, 0.2) is 91.0 Å². The number of rotatable bonds is 5. The van der Waals surface area contributed by atoms with Gasteiger partial charge in [-0.2, -0.15) is 0 Å². The summed E-state index contributed by atoms with van der Waals surface area (Å²) in [6.45, 7) is 15.8. The fourth-order valence-corrected chi connectivity index (χ4v) is 5.20. The summed E-state index contributed by atoms with van der Waals surface area (Å²) in [6.07, 6.45) is 0.609. The fraction of sp³-hybridized carbons (Fsp3) is 0.357. The van der Waals surface area contributed by atoms with Crippen LogP contribution in [0.25, 0.3) is 0 Å². The van der Waals surface area contributed by atoms with Crippen molar-refractivity contribution in [3.8, 4) is 0 Å². The Kier molecular flexibility index (Phi) is 13.8. The third-order valence-electron chi connectivity index (χ3n) is 4.42. The highest BCUT2D eigenvalue weighted by atomic mass is 31.2. The minimum Gasteiger partial charge on any atom is -0.324 e. The molecule has 0 aliphatic carbocycles. The highest BCUT2D eigenvalue weighted by Gasteiger charge is 2.39. The zero-order valence-corrected chi connectivity index (χ0v) is 21.1. The van der Waals surface area contributed by atoms with E-state index in [2.05, 4.69) is 72.8 Å². The van der Waals surface area contributed by atoms with Crippen molar-refractivity contribution < 1.29 is 4.57 Å². The molecule has 0 N–H and O–H groups in total. The van der Waals surface area contributed by atoms with Crippen molar-refractivity contribution in [2.45, 2.75) is 47.0 Å². The van der Waals surface area contributed by atoms with E-state index in [0.717, 1.165) is 0 Å². The van der Waals surface area contributed by atoms with E-state index < -0.39 is 12.6 Å². The first-order valence-corrected chi connectivity index (χ1v) is 14.0. The van der Waals surface area contributed by atoms with Crippen LogP contribution in [-0.2, 0) is 9.98 Å². The summed E-state index contributed by atoms with van der Waals surface area (Å²) in [5.74, 6) is 0. The maximum atomic E-state index is 13.0. The van der Waals surface area contributed by atoms with Crippen LogP contribution in [0.4, 0.5) is 0 Å². The summed E-state index contributed by atoms with van der Waals surface area (Å²) in [7, 11) is -2.28. The second-order valence-electron chi connectivity index (χ2n) is 6.74. The van der Waals surface area contributed by atoms with Crippen molar-refractivity contribution in [1.29, 1.82) is 0 Å². The molecule has 0 saturated carbocycles. The van der Waals surface area contributed by atoms with Crippen LogP contribution in [0.5, 0.6) is 0 Å². The Morgan fingerprint density at radius 1 is 0.533 bits per heavy atom. The molecule has 164 valence electrons. The molecule has 30 heavy (non-hydrogen) atoms. The number of benzene rings is 3. The molecule has 0 fully saturated rings. The van der Waals surface area contributed by atoms with Gasteiger partial charge in [-0.05, 0) is 30.0 Å². The van der Waals surface area contributed by atoms with Gasteiger partial charge in [0, 0.05) is 6.16 Å². The molecule has 0 aliphatic heterocycles. The molecule has 0 unspecified atom stereocenters. The van der Waals surface area contributed by atoms with Gasteiger partial charge < -0.3 is 4.57 Å². The van der Waals surface area contributed by atoms with Crippen molar-refractivity contribution in [1.82, 2.24) is 0 Å². The first kappa shape index (κ1) is 27.9. The molecule has 0 radical (unpaired) electrons. The van der Waals surface area contributed by atoms with Crippen molar-refractivity contribution >= 4 is 7.14 Å². The van der Waals surface area contributed by atoms with Gasteiger partial charge >= 0.3 is 0 Å². The lowest BCUT2D eigenvalue weighted by Gasteiger charge is -2.37. The molecular formula is C28H41OP. The lowest BCUT2D eigenvalue weighted by molar-refractivity contribution is 0.570. The number of hydrogen-bond acceptors (Lipinski definition) is 1. The third kappa shape index (κ3) is 7.62. The fourth-order valence-electron chi connectivity index (χ4n) is 3.51. The molecule has 3 aromatic rings. The normalized spacial score (nSPS) is 10.3. The van der Waals surface area contributed by atoms with Gasteiger partial charge in [0.2, 0.25) is 0 Å². The molecular weight excluding hydrogens is 383 g/mol. The molecule has 2 heteroatoms. The minimum absolute atomic E-state index is 0.400. The van der Waals surface area contributed by atoms with Gasteiger partial charge in [-0.15, -0.1) is 0 Å². The van der Waals surface area contributed by atoms with Crippen LogP contribution in [0.1, 0.15) is 58.2 Å². The Labute approximate surface area is 186 Å². The van der Waals surface area contributed by atoms with Gasteiger partial charge in [0.15, 0.2) is 0 Å². The molecule has 0 aromatic heterocycles. The van der Waals surface area contributed by atoms with E-state index in [9.17, 15) is 4.57 Å². The predicted octanol–water partition coefficient (Wildman–Crippen LogP) is 8.72. The lowest BCUT2D eigenvalue weighted by atomic mass is 9.71. The molecule has 0 atom stereocenters. The van der Waals surface area contributed by atoms with E-state index in [1.807, 2.05) is 73.1 Å². The van der Waals surface area contributed by atoms with E-state index in [0.29, 0.717) is 6.16 Å². The van der Waals surface area contributed by atoms with Crippen molar-refractivity contribution in [3.05, 3.63) is 108 Å². The van der Waals surface area contributed by atoms with Crippen LogP contribution < -0.4 is 0 Å².